The zero-order chi connectivity index (χ0) is 8.72. The smallest absolute Gasteiger partial charge is 0.132 e. The van der Waals surface area contributed by atoms with Gasteiger partial charge in [-0.1, -0.05) is 23.2 Å². The Bertz CT molecular complexity index is 434. The summed E-state index contributed by atoms with van der Waals surface area (Å²) < 4.78 is 0. The second kappa shape index (κ2) is 2.64. The van der Waals surface area contributed by atoms with Crippen molar-refractivity contribution in [3.05, 3.63) is 27.9 Å². The minimum absolute atomic E-state index is 0.569. The number of rotatable bonds is 0. The summed E-state index contributed by atoms with van der Waals surface area (Å²) in [6.07, 6.45) is 0. The van der Waals surface area contributed by atoms with Crippen molar-refractivity contribution in [2.24, 2.45) is 0 Å². The van der Waals surface area contributed by atoms with Gasteiger partial charge < -0.3 is 0 Å². The first-order chi connectivity index (χ1) is 5.68. The van der Waals surface area contributed by atoms with E-state index in [0.29, 0.717) is 10.2 Å². The number of aromatic nitrogens is 2. The molecule has 62 valence electrons. The number of H-pyrrole nitrogens is 1. The van der Waals surface area contributed by atoms with E-state index in [4.69, 9.17) is 23.2 Å². The van der Waals surface area contributed by atoms with Crippen LogP contribution in [-0.2, 0) is 0 Å². The van der Waals surface area contributed by atoms with Gasteiger partial charge in [0.2, 0.25) is 0 Å². The van der Waals surface area contributed by atoms with Crippen LogP contribution in [0.1, 0.15) is 5.56 Å². The number of nitrogens with zero attached hydrogens (tertiary/aromatic N) is 1. The maximum absolute atomic E-state index is 5.87. The minimum atomic E-state index is 0.569. The van der Waals surface area contributed by atoms with Crippen LogP contribution in [-0.4, -0.2) is 10.2 Å². The van der Waals surface area contributed by atoms with E-state index in [0.717, 1.165) is 16.5 Å². The molecule has 0 fully saturated rings. The number of fused-ring (bicyclic) bond motifs is 1. The quantitative estimate of drug-likeness (QED) is 0.696. The molecule has 0 aliphatic rings. The molecule has 0 bridgehead atoms. The second-order valence-corrected chi connectivity index (χ2v) is 3.47. The zero-order valence-corrected chi connectivity index (χ0v) is 7.87. The molecule has 1 heterocycles. The number of aromatic amines is 1. The lowest BCUT2D eigenvalue weighted by molar-refractivity contribution is 1.12. The van der Waals surface area contributed by atoms with Gasteiger partial charge in [-0.15, -0.1) is 0 Å². The van der Waals surface area contributed by atoms with Crippen molar-refractivity contribution in [1.29, 1.82) is 0 Å². The lowest BCUT2D eigenvalue weighted by Crippen LogP contribution is -1.75. The molecule has 0 aliphatic carbocycles. The topological polar surface area (TPSA) is 28.7 Å². The first-order valence-corrected chi connectivity index (χ1v) is 4.24. The Morgan fingerprint density at radius 1 is 1.33 bits per heavy atom. The van der Waals surface area contributed by atoms with E-state index in [-0.39, 0.29) is 0 Å². The largest absolute Gasteiger partial charge is 0.266 e. The fraction of sp³-hybridized carbons (Fsp3) is 0.125. The van der Waals surface area contributed by atoms with Gasteiger partial charge in [-0.2, -0.15) is 5.10 Å². The molecule has 2 rings (SSSR count). The molecule has 1 N–H and O–H groups in total. The first-order valence-electron chi connectivity index (χ1n) is 3.48. The normalized spacial score (nSPS) is 10.9. The maximum Gasteiger partial charge on any atom is 0.132 e. The van der Waals surface area contributed by atoms with E-state index in [9.17, 15) is 0 Å². The molecule has 4 heteroatoms. The third-order valence-corrected chi connectivity index (χ3v) is 2.27. The Kier molecular flexibility index (Phi) is 1.74. The van der Waals surface area contributed by atoms with Gasteiger partial charge in [-0.05, 0) is 24.6 Å². The van der Waals surface area contributed by atoms with Gasteiger partial charge in [-0.25, -0.2) is 0 Å². The monoisotopic (exact) mass is 200 g/mol. The van der Waals surface area contributed by atoms with E-state index < -0.39 is 0 Å². The maximum atomic E-state index is 5.87. The molecule has 0 unspecified atom stereocenters. The van der Waals surface area contributed by atoms with Crippen LogP contribution < -0.4 is 0 Å². The van der Waals surface area contributed by atoms with E-state index in [1.54, 1.807) is 6.07 Å². The highest BCUT2D eigenvalue weighted by molar-refractivity contribution is 6.35. The molecule has 0 saturated carbocycles. The van der Waals surface area contributed by atoms with Crippen LogP contribution in [0.5, 0.6) is 0 Å². The van der Waals surface area contributed by atoms with E-state index >= 15 is 0 Å². The van der Waals surface area contributed by atoms with Gasteiger partial charge in [-0.3, -0.25) is 5.10 Å². The van der Waals surface area contributed by atoms with E-state index in [2.05, 4.69) is 10.2 Å². The molecule has 0 amide bonds. The highest BCUT2D eigenvalue weighted by Crippen LogP contribution is 2.26. The van der Waals surface area contributed by atoms with Crippen LogP contribution in [0, 0.1) is 6.92 Å². The van der Waals surface area contributed by atoms with Crippen molar-refractivity contribution in [1.82, 2.24) is 10.2 Å². The molecular weight excluding hydrogens is 195 g/mol. The highest BCUT2D eigenvalue weighted by atomic mass is 35.5. The molecule has 0 spiro atoms. The van der Waals surface area contributed by atoms with Gasteiger partial charge in [0.1, 0.15) is 5.15 Å². The average molecular weight is 201 g/mol. The molecule has 12 heavy (non-hydrogen) atoms. The highest BCUT2D eigenvalue weighted by Gasteiger charge is 2.06. The Balaban J connectivity index is 2.93. The Labute approximate surface area is 79.5 Å². The van der Waals surface area contributed by atoms with Crippen molar-refractivity contribution in [3.63, 3.8) is 0 Å². The summed E-state index contributed by atoms with van der Waals surface area (Å²) in [5.74, 6) is 0. The van der Waals surface area contributed by atoms with Crippen LogP contribution in [0.25, 0.3) is 10.9 Å². The molecule has 0 radical (unpaired) electrons. The number of halogens is 2. The molecule has 0 aliphatic heterocycles. The van der Waals surface area contributed by atoms with Crippen molar-refractivity contribution in [2.45, 2.75) is 6.92 Å². The van der Waals surface area contributed by atoms with Crippen molar-refractivity contribution < 1.29 is 0 Å². The summed E-state index contributed by atoms with van der Waals surface area (Å²) in [5.41, 5.74) is 1.85. The molecule has 2 aromatic rings. The van der Waals surface area contributed by atoms with Crippen LogP contribution in [0.2, 0.25) is 10.2 Å². The lowest BCUT2D eigenvalue weighted by Gasteiger charge is -1.95. The molecule has 1 aromatic heterocycles. The number of nitrogens with one attached hydrogen (secondary N) is 1. The van der Waals surface area contributed by atoms with Crippen molar-refractivity contribution in [3.8, 4) is 0 Å². The number of hydrogen-bond donors (Lipinski definition) is 1. The third-order valence-electron chi connectivity index (χ3n) is 1.77. The standard InChI is InChI=1S/C8H6Cl2N2/c1-4-2-5(9)3-6-7(4)8(10)12-11-6/h2-3H,1H3,(H,11,12). The number of aryl methyl sites for hydroxylation is 1. The lowest BCUT2D eigenvalue weighted by atomic mass is 10.1. The van der Waals surface area contributed by atoms with Crippen LogP contribution in [0.3, 0.4) is 0 Å². The molecule has 2 nitrogen and oxygen atoms in total. The van der Waals surface area contributed by atoms with Gasteiger partial charge in [0, 0.05) is 10.4 Å². The summed E-state index contributed by atoms with van der Waals surface area (Å²) in [4.78, 5) is 0. The fourth-order valence-corrected chi connectivity index (χ4v) is 1.82. The van der Waals surface area contributed by atoms with Gasteiger partial charge in [0.15, 0.2) is 0 Å². The minimum Gasteiger partial charge on any atom is -0.266 e. The fourth-order valence-electron chi connectivity index (χ4n) is 1.26. The molecular formula is C8H6Cl2N2. The van der Waals surface area contributed by atoms with Gasteiger partial charge >= 0.3 is 0 Å². The van der Waals surface area contributed by atoms with Crippen LogP contribution in [0.4, 0.5) is 0 Å². The first kappa shape index (κ1) is 7.90. The SMILES string of the molecule is Cc1cc(Cl)cc2n[nH]c(Cl)c12. The number of hydrogen-bond acceptors (Lipinski definition) is 1. The molecule has 1 aromatic carbocycles. The summed E-state index contributed by atoms with van der Waals surface area (Å²) in [6.45, 7) is 1.95. The zero-order valence-electron chi connectivity index (χ0n) is 6.36. The predicted octanol–water partition coefficient (Wildman–Crippen LogP) is 3.18. The van der Waals surface area contributed by atoms with Gasteiger partial charge in [0.05, 0.1) is 5.52 Å². The number of benzene rings is 1. The third kappa shape index (κ3) is 1.08. The Morgan fingerprint density at radius 3 is 2.83 bits per heavy atom. The average Bonchev–Trinajstić information content (AvgIpc) is 2.31. The Hall–Kier alpha value is -0.730. The summed E-state index contributed by atoms with van der Waals surface area (Å²) in [5, 5.41) is 8.90. The summed E-state index contributed by atoms with van der Waals surface area (Å²) in [7, 11) is 0. The van der Waals surface area contributed by atoms with Gasteiger partial charge in [0.25, 0.3) is 0 Å². The van der Waals surface area contributed by atoms with Crippen LogP contribution >= 0.6 is 23.2 Å². The van der Waals surface area contributed by atoms with Crippen LogP contribution in [0.15, 0.2) is 12.1 Å². The summed E-state index contributed by atoms with van der Waals surface area (Å²) >= 11 is 11.7. The molecule has 0 saturated heterocycles. The predicted molar refractivity (Wildman–Crippen MR) is 50.9 cm³/mol. The van der Waals surface area contributed by atoms with Crippen molar-refractivity contribution >= 4 is 34.1 Å². The Morgan fingerprint density at radius 2 is 2.08 bits per heavy atom. The second-order valence-electron chi connectivity index (χ2n) is 2.65. The molecule has 0 atom stereocenters. The van der Waals surface area contributed by atoms with E-state index in [1.807, 2.05) is 13.0 Å². The summed E-state index contributed by atoms with van der Waals surface area (Å²) in [6, 6.07) is 3.65. The van der Waals surface area contributed by atoms with E-state index in [1.165, 1.54) is 0 Å². The van der Waals surface area contributed by atoms with Crippen molar-refractivity contribution in [2.75, 3.05) is 0 Å².